The lowest BCUT2D eigenvalue weighted by molar-refractivity contribution is 0.199. The Balaban J connectivity index is 1.95. The molecule has 20 heavy (non-hydrogen) atoms. The molecule has 2 rings (SSSR count). The van der Waals surface area contributed by atoms with Crippen LogP contribution >= 0.6 is 11.3 Å². The number of methoxy groups -OCH3 is 1. The summed E-state index contributed by atoms with van der Waals surface area (Å²) in [6, 6.07) is 0. The summed E-state index contributed by atoms with van der Waals surface area (Å²) in [7, 11) is 1.73. The summed E-state index contributed by atoms with van der Waals surface area (Å²) in [5, 5.41) is 4.60. The molecule has 0 aromatic carbocycles. The van der Waals surface area contributed by atoms with Crippen molar-refractivity contribution in [1.29, 1.82) is 0 Å². The number of aryl methyl sites for hydroxylation is 1. The molecule has 0 aliphatic carbocycles. The lowest BCUT2D eigenvalue weighted by Crippen LogP contribution is -2.38. The predicted molar refractivity (Wildman–Crippen MR) is 85.6 cm³/mol. The van der Waals surface area contributed by atoms with Gasteiger partial charge >= 0.3 is 0 Å². The molecule has 1 N–H and O–H groups in total. The van der Waals surface area contributed by atoms with Gasteiger partial charge in [-0.3, -0.25) is 0 Å². The van der Waals surface area contributed by atoms with Gasteiger partial charge in [-0.2, -0.15) is 0 Å². The molecule has 0 amide bonds. The van der Waals surface area contributed by atoms with Crippen molar-refractivity contribution in [2.24, 2.45) is 11.8 Å². The molecule has 4 nitrogen and oxygen atoms in total. The Morgan fingerprint density at radius 2 is 2.05 bits per heavy atom. The monoisotopic (exact) mass is 297 g/mol. The number of aromatic nitrogens is 1. The van der Waals surface area contributed by atoms with Gasteiger partial charge in [-0.1, -0.05) is 13.8 Å². The number of ether oxygens (including phenoxy) is 1. The first-order chi connectivity index (χ1) is 9.60. The van der Waals surface area contributed by atoms with E-state index in [2.05, 4.69) is 31.0 Å². The highest BCUT2D eigenvalue weighted by atomic mass is 32.1. The Morgan fingerprint density at radius 1 is 1.35 bits per heavy atom. The van der Waals surface area contributed by atoms with Crippen LogP contribution in [0.15, 0.2) is 0 Å². The van der Waals surface area contributed by atoms with E-state index < -0.39 is 0 Å². The van der Waals surface area contributed by atoms with Crippen LogP contribution in [0.25, 0.3) is 0 Å². The van der Waals surface area contributed by atoms with Crippen molar-refractivity contribution in [3.8, 4) is 0 Å². The molecule has 1 aromatic heterocycles. The largest absolute Gasteiger partial charge is 0.383 e. The summed E-state index contributed by atoms with van der Waals surface area (Å²) < 4.78 is 5.05. The molecule has 114 valence electrons. The average molecular weight is 297 g/mol. The third-order valence-electron chi connectivity index (χ3n) is 3.79. The Morgan fingerprint density at radius 3 is 2.70 bits per heavy atom. The maximum atomic E-state index is 5.05. The number of rotatable bonds is 6. The molecule has 2 heterocycles. The Hall–Kier alpha value is -0.650. The van der Waals surface area contributed by atoms with Crippen molar-refractivity contribution in [2.45, 2.75) is 33.7 Å². The highest BCUT2D eigenvalue weighted by molar-refractivity contribution is 7.15. The van der Waals surface area contributed by atoms with Gasteiger partial charge in [0.25, 0.3) is 0 Å². The van der Waals surface area contributed by atoms with E-state index in [0.717, 1.165) is 44.6 Å². The van der Waals surface area contributed by atoms with Crippen LogP contribution in [-0.4, -0.2) is 38.3 Å². The van der Waals surface area contributed by atoms with Gasteiger partial charge in [0.1, 0.15) is 0 Å². The molecule has 0 saturated carbocycles. The third kappa shape index (κ3) is 4.17. The maximum Gasteiger partial charge on any atom is 0.185 e. The van der Waals surface area contributed by atoms with E-state index >= 15 is 0 Å². The van der Waals surface area contributed by atoms with Crippen LogP contribution in [0.4, 0.5) is 5.13 Å². The fourth-order valence-electron chi connectivity index (χ4n) is 2.91. The molecular formula is C15H27N3OS. The van der Waals surface area contributed by atoms with E-state index in [1.807, 2.05) is 11.3 Å². The second kappa shape index (κ2) is 7.38. The number of hydrogen-bond donors (Lipinski definition) is 1. The zero-order chi connectivity index (χ0) is 14.5. The van der Waals surface area contributed by atoms with Gasteiger partial charge in [0.05, 0.1) is 12.3 Å². The van der Waals surface area contributed by atoms with Crippen molar-refractivity contribution in [1.82, 2.24) is 10.3 Å². The molecule has 1 saturated heterocycles. The van der Waals surface area contributed by atoms with Crippen molar-refractivity contribution in [3.05, 3.63) is 10.6 Å². The topological polar surface area (TPSA) is 37.4 Å². The van der Waals surface area contributed by atoms with Crippen molar-refractivity contribution < 1.29 is 4.74 Å². The van der Waals surface area contributed by atoms with Crippen LogP contribution in [0, 0.1) is 18.8 Å². The smallest absolute Gasteiger partial charge is 0.185 e. The number of piperidine rings is 1. The number of nitrogens with one attached hydrogen (secondary N) is 1. The quantitative estimate of drug-likeness (QED) is 0.819. The van der Waals surface area contributed by atoms with E-state index in [4.69, 9.17) is 9.72 Å². The van der Waals surface area contributed by atoms with E-state index in [1.165, 1.54) is 22.1 Å². The summed E-state index contributed by atoms with van der Waals surface area (Å²) in [6.07, 6.45) is 1.34. The molecule has 1 aliphatic rings. The van der Waals surface area contributed by atoms with Crippen molar-refractivity contribution in [2.75, 3.05) is 38.3 Å². The molecule has 1 aliphatic heterocycles. The number of nitrogens with zero attached hydrogens (tertiary/aromatic N) is 2. The first-order valence-corrected chi connectivity index (χ1v) is 8.32. The van der Waals surface area contributed by atoms with Crippen LogP contribution in [0.2, 0.25) is 0 Å². The van der Waals surface area contributed by atoms with Gasteiger partial charge in [0, 0.05) is 38.2 Å². The Labute approximate surface area is 126 Å². The molecule has 0 spiro atoms. The second-order valence-corrected chi connectivity index (χ2v) is 7.09. The molecule has 1 aromatic rings. The maximum absolute atomic E-state index is 5.05. The minimum Gasteiger partial charge on any atom is -0.383 e. The summed E-state index contributed by atoms with van der Waals surface area (Å²) in [4.78, 5) is 8.59. The van der Waals surface area contributed by atoms with Gasteiger partial charge in [-0.05, 0) is 25.2 Å². The van der Waals surface area contributed by atoms with Crippen LogP contribution < -0.4 is 10.2 Å². The van der Waals surface area contributed by atoms with Gasteiger partial charge in [0.15, 0.2) is 5.13 Å². The van der Waals surface area contributed by atoms with Crippen molar-refractivity contribution in [3.63, 3.8) is 0 Å². The van der Waals surface area contributed by atoms with Gasteiger partial charge in [-0.15, -0.1) is 11.3 Å². The number of anilines is 1. The molecule has 2 unspecified atom stereocenters. The number of hydrogen-bond acceptors (Lipinski definition) is 5. The Kier molecular flexibility index (Phi) is 5.81. The first kappa shape index (κ1) is 15.7. The van der Waals surface area contributed by atoms with Crippen LogP contribution in [0.1, 0.15) is 30.8 Å². The molecule has 1 fully saturated rings. The molecule has 0 bridgehead atoms. The van der Waals surface area contributed by atoms with Crippen LogP contribution in [0.3, 0.4) is 0 Å². The lowest BCUT2D eigenvalue weighted by Gasteiger charge is -2.34. The fourth-order valence-corrected chi connectivity index (χ4v) is 3.96. The van der Waals surface area contributed by atoms with Crippen LogP contribution in [0.5, 0.6) is 0 Å². The zero-order valence-corrected chi connectivity index (χ0v) is 13.9. The van der Waals surface area contributed by atoms with Gasteiger partial charge in [0.2, 0.25) is 0 Å². The van der Waals surface area contributed by atoms with Crippen LogP contribution in [-0.2, 0) is 11.3 Å². The zero-order valence-electron chi connectivity index (χ0n) is 13.1. The second-order valence-electron chi connectivity index (χ2n) is 6.03. The normalized spacial score (nSPS) is 23.3. The summed E-state index contributed by atoms with van der Waals surface area (Å²) in [5.41, 5.74) is 1.17. The van der Waals surface area contributed by atoms with E-state index in [9.17, 15) is 0 Å². The van der Waals surface area contributed by atoms with E-state index in [-0.39, 0.29) is 0 Å². The fraction of sp³-hybridized carbons (Fsp3) is 0.800. The van der Waals surface area contributed by atoms with E-state index in [1.54, 1.807) is 7.11 Å². The van der Waals surface area contributed by atoms with Crippen molar-refractivity contribution >= 4 is 16.5 Å². The first-order valence-electron chi connectivity index (χ1n) is 7.51. The lowest BCUT2D eigenvalue weighted by atomic mass is 9.92. The summed E-state index contributed by atoms with van der Waals surface area (Å²) >= 11 is 1.84. The standard InChI is InChI=1S/C15H27N3OS/c1-11-7-12(2)10-18(9-11)15-17-13(3)14(20-15)8-16-5-6-19-4/h11-12,16H,5-10H2,1-4H3. The number of thiazole rings is 1. The highest BCUT2D eigenvalue weighted by Crippen LogP contribution is 2.31. The Bertz CT molecular complexity index is 411. The highest BCUT2D eigenvalue weighted by Gasteiger charge is 2.24. The third-order valence-corrected chi connectivity index (χ3v) is 5.01. The van der Waals surface area contributed by atoms with Gasteiger partial charge < -0.3 is 15.0 Å². The van der Waals surface area contributed by atoms with E-state index in [0.29, 0.717) is 0 Å². The average Bonchev–Trinajstić information content (AvgIpc) is 2.75. The molecule has 5 heteroatoms. The SMILES string of the molecule is COCCNCc1sc(N2CC(C)CC(C)C2)nc1C. The molecular weight excluding hydrogens is 270 g/mol. The summed E-state index contributed by atoms with van der Waals surface area (Å²) in [6.45, 7) is 11.6. The molecule has 0 radical (unpaired) electrons. The minimum atomic E-state index is 0.756. The van der Waals surface area contributed by atoms with Gasteiger partial charge in [-0.25, -0.2) is 4.98 Å². The summed E-state index contributed by atoms with van der Waals surface area (Å²) in [5.74, 6) is 1.54. The molecule has 2 atom stereocenters. The minimum absolute atomic E-state index is 0.756. The predicted octanol–water partition coefficient (Wildman–Crippen LogP) is 2.67.